The molecule has 0 unspecified atom stereocenters. The van der Waals surface area contributed by atoms with E-state index >= 15 is 0 Å². The van der Waals surface area contributed by atoms with Crippen molar-refractivity contribution >= 4 is 29.6 Å². The first kappa shape index (κ1) is 15.1. The number of carbonyl (C=O) groups excluding carboxylic acids is 1. The van der Waals surface area contributed by atoms with Crippen LogP contribution in [-0.4, -0.2) is 29.3 Å². The van der Waals surface area contributed by atoms with Gasteiger partial charge in [-0.2, -0.15) is 0 Å². The van der Waals surface area contributed by atoms with Gasteiger partial charge in [0.05, 0.1) is 11.2 Å². The molecular weight excluding hydrogens is 281 g/mol. The minimum Gasteiger partial charge on any atom is -0.426 e. The Labute approximate surface area is 130 Å². The van der Waals surface area contributed by atoms with Gasteiger partial charge < -0.3 is 19.0 Å². The molecule has 0 spiro atoms. The predicted molar refractivity (Wildman–Crippen MR) is 85.3 cm³/mol. The van der Waals surface area contributed by atoms with Crippen molar-refractivity contribution < 1.29 is 18.8 Å². The van der Waals surface area contributed by atoms with E-state index in [0.717, 1.165) is 16.5 Å². The van der Waals surface area contributed by atoms with Gasteiger partial charge in [0, 0.05) is 23.4 Å². The molecule has 116 valence electrons. The summed E-state index contributed by atoms with van der Waals surface area (Å²) in [5.74, 6) is 0.190. The maximum atomic E-state index is 11.2. The summed E-state index contributed by atoms with van der Waals surface area (Å²) in [6.07, 6.45) is 0. The third-order valence-corrected chi connectivity index (χ3v) is 4.41. The van der Waals surface area contributed by atoms with Crippen LogP contribution in [0, 0.1) is 0 Å². The molecule has 1 aromatic carbocycles. The van der Waals surface area contributed by atoms with E-state index < -0.39 is 18.3 Å². The second-order valence-corrected chi connectivity index (χ2v) is 6.62. The molecule has 0 amide bonds. The Morgan fingerprint density at radius 3 is 2.41 bits per heavy atom. The van der Waals surface area contributed by atoms with Gasteiger partial charge in [-0.25, -0.2) is 0 Å². The topological polar surface area (TPSA) is 60.6 Å². The number of ether oxygens (including phenoxy) is 1. The third kappa shape index (κ3) is 2.42. The standard InChI is InChI=1S/C16H20BNO4/c1-10(19)20-13-8-6-7-12-11(13)9-14(18-12)17-21-15(2,3)16(4,5)22-17/h6-9,18H,1-5H3. The van der Waals surface area contributed by atoms with Crippen molar-refractivity contribution in [2.75, 3.05) is 0 Å². The second-order valence-electron chi connectivity index (χ2n) is 6.62. The van der Waals surface area contributed by atoms with E-state index in [1.165, 1.54) is 6.92 Å². The summed E-state index contributed by atoms with van der Waals surface area (Å²) >= 11 is 0. The van der Waals surface area contributed by atoms with Gasteiger partial charge in [-0.3, -0.25) is 4.79 Å². The van der Waals surface area contributed by atoms with E-state index in [1.807, 2.05) is 45.9 Å². The molecule has 1 aliphatic rings. The zero-order chi connectivity index (χ0) is 16.1. The molecule has 6 heteroatoms. The summed E-state index contributed by atoms with van der Waals surface area (Å²) in [5, 5.41) is 0.836. The average molecular weight is 301 g/mol. The van der Waals surface area contributed by atoms with Gasteiger partial charge >= 0.3 is 13.1 Å². The van der Waals surface area contributed by atoms with Gasteiger partial charge in [-0.15, -0.1) is 0 Å². The van der Waals surface area contributed by atoms with Gasteiger partial charge in [-0.05, 0) is 45.9 Å². The lowest BCUT2D eigenvalue weighted by Gasteiger charge is -2.32. The van der Waals surface area contributed by atoms with E-state index in [-0.39, 0.29) is 5.97 Å². The van der Waals surface area contributed by atoms with Crippen LogP contribution in [0.4, 0.5) is 0 Å². The molecule has 22 heavy (non-hydrogen) atoms. The van der Waals surface area contributed by atoms with Crippen molar-refractivity contribution in [3.8, 4) is 5.75 Å². The first-order chi connectivity index (χ1) is 10.2. The van der Waals surface area contributed by atoms with E-state index in [0.29, 0.717) is 5.75 Å². The minimum absolute atomic E-state index is 0.342. The highest BCUT2D eigenvalue weighted by molar-refractivity contribution is 6.61. The Morgan fingerprint density at radius 1 is 1.18 bits per heavy atom. The van der Waals surface area contributed by atoms with Gasteiger partial charge in [0.2, 0.25) is 0 Å². The number of nitrogens with one attached hydrogen (secondary N) is 1. The summed E-state index contributed by atoms with van der Waals surface area (Å²) in [7, 11) is -0.470. The van der Waals surface area contributed by atoms with Crippen LogP contribution in [-0.2, 0) is 14.1 Å². The lowest BCUT2D eigenvalue weighted by atomic mass is 9.85. The molecule has 1 aliphatic heterocycles. The molecule has 0 bridgehead atoms. The SMILES string of the molecule is CC(=O)Oc1cccc2[nH]c(B3OC(C)(C)C(C)(C)O3)cc12. The molecule has 5 nitrogen and oxygen atoms in total. The Balaban J connectivity index is 1.98. The smallest absolute Gasteiger partial charge is 0.426 e. The first-order valence-electron chi connectivity index (χ1n) is 7.35. The zero-order valence-corrected chi connectivity index (χ0v) is 13.5. The van der Waals surface area contributed by atoms with Crippen molar-refractivity contribution in [3.63, 3.8) is 0 Å². The molecule has 0 aliphatic carbocycles. The molecule has 2 aromatic rings. The monoisotopic (exact) mass is 301 g/mol. The summed E-state index contributed by atoms with van der Waals surface area (Å²) in [6, 6.07) is 7.45. The number of fused-ring (bicyclic) bond motifs is 1. The highest BCUT2D eigenvalue weighted by Gasteiger charge is 2.52. The van der Waals surface area contributed by atoms with Crippen LogP contribution in [0.1, 0.15) is 34.6 Å². The molecule has 1 aromatic heterocycles. The van der Waals surface area contributed by atoms with E-state index in [1.54, 1.807) is 6.07 Å². The number of benzene rings is 1. The largest absolute Gasteiger partial charge is 0.512 e. The quantitative estimate of drug-likeness (QED) is 0.525. The Hall–Kier alpha value is -1.79. The molecular formula is C16H20BNO4. The van der Waals surface area contributed by atoms with Gasteiger partial charge in [-0.1, -0.05) is 6.07 Å². The number of hydrogen-bond acceptors (Lipinski definition) is 4. The van der Waals surface area contributed by atoms with Crippen molar-refractivity contribution in [2.24, 2.45) is 0 Å². The highest BCUT2D eigenvalue weighted by Crippen LogP contribution is 2.37. The molecule has 3 rings (SSSR count). The molecule has 0 radical (unpaired) electrons. The molecule has 1 N–H and O–H groups in total. The fourth-order valence-corrected chi connectivity index (χ4v) is 2.49. The number of rotatable bonds is 2. The maximum Gasteiger partial charge on any atom is 0.512 e. The van der Waals surface area contributed by atoms with E-state index in [9.17, 15) is 4.79 Å². The van der Waals surface area contributed by atoms with Gasteiger partial charge in [0.15, 0.2) is 0 Å². The summed E-state index contributed by atoms with van der Waals surface area (Å²) in [6.45, 7) is 9.44. The lowest BCUT2D eigenvalue weighted by molar-refractivity contribution is -0.131. The van der Waals surface area contributed by atoms with Crippen LogP contribution in [0.25, 0.3) is 10.9 Å². The summed E-state index contributed by atoms with van der Waals surface area (Å²) < 4.78 is 17.3. The summed E-state index contributed by atoms with van der Waals surface area (Å²) in [4.78, 5) is 14.5. The molecule has 2 heterocycles. The number of aromatic nitrogens is 1. The van der Waals surface area contributed by atoms with Crippen LogP contribution in [0.2, 0.25) is 0 Å². The normalized spacial score (nSPS) is 19.6. The Kier molecular flexibility index (Phi) is 3.34. The van der Waals surface area contributed by atoms with Crippen LogP contribution < -0.4 is 10.3 Å². The van der Waals surface area contributed by atoms with E-state index in [4.69, 9.17) is 14.0 Å². The third-order valence-electron chi connectivity index (χ3n) is 4.41. The fraction of sp³-hybridized carbons (Fsp3) is 0.438. The van der Waals surface area contributed by atoms with Crippen molar-refractivity contribution in [1.82, 2.24) is 4.98 Å². The zero-order valence-electron chi connectivity index (χ0n) is 13.5. The molecule has 0 saturated carbocycles. The van der Waals surface area contributed by atoms with E-state index in [2.05, 4.69) is 4.98 Å². The van der Waals surface area contributed by atoms with Crippen molar-refractivity contribution in [2.45, 2.75) is 45.8 Å². The number of esters is 1. The van der Waals surface area contributed by atoms with Crippen LogP contribution in [0.5, 0.6) is 5.75 Å². The fourth-order valence-electron chi connectivity index (χ4n) is 2.49. The maximum absolute atomic E-state index is 11.2. The first-order valence-corrected chi connectivity index (χ1v) is 7.35. The van der Waals surface area contributed by atoms with Crippen molar-refractivity contribution in [3.05, 3.63) is 24.3 Å². The predicted octanol–water partition coefficient (Wildman–Crippen LogP) is 2.39. The average Bonchev–Trinajstić information content (AvgIpc) is 2.89. The molecule has 1 fully saturated rings. The second kappa shape index (κ2) is 4.86. The Bertz CT molecular complexity index is 719. The highest BCUT2D eigenvalue weighted by atomic mass is 16.7. The Morgan fingerprint density at radius 2 is 1.82 bits per heavy atom. The van der Waals surface area contributed by atoms with Crippen molar-refractivity contribution in [1.29, 1.82) is 0 Å². The minimum atomic E-state index is -0.470. The molecule has 0 atom stereocenters. The molecule has 1 saturated heterocycles. The lowest BCUT2D eigenvalue weighted by Crippen LogP contribution is -2.41. The summed E-state index contributed by atoms with van der Waals surface area (Å²) in [5.41, 5.74) is 0.901. The van der Waals surface area contributed by atoms with Crippen LogP contribution in [0.3, 0.4) is 0 Å². The van der Waals surface area contributed by atoms with Crippen LogP contribution >= 0.6 is 0 Å². The van der Waals surface area contributed by atoms with Gasteiger partial charge in [0.1, 0.15) is 5.75 Å². The number of H-pyrrole nitrogens is 1. The number of hydrogen-bond donors (Lipinski definition) is 1. The van der Waals surface area contributed by atoms with Gasteiger partial charge in [0.25, 0.3) is 0 Å². The number of carbonyl (C=O) groups is 1. The van der Waals surface area contributed by atoms with Crippen LogP contribution in [0.15, 0.2) is 24.3 Å². The number of aromatic amines is 1.